The van der Waals surface area contributed by atoms with Gasteiger partial charge < -0.3 is 0 Å². The summed E-state index contributed by atoms with van der Waals surface area (Å²) in [6, 6.07) is 16.2. The van der Waals surface area contributed by atoms with Crippen molar-refractivity contribution in [1.29, 1.82) is 0 Å². The molecule has 0 radical (unpaired) electrons. The Labute approximate surface area is 178 Å². The number of hydrogen-bond donors (Lipinski definition) is 0. The smallest absolute Gasteiger partial charge is 0.185 e. The van der Waals surface area contributed by atoms with Crippen LogP contribution < -0.4 is 0 Å². The first-order chi connectivity index (χ1) is 12.7. The van der Waals surface area contributed by atoms with E-state index in [9.17, 15) is 4.79 Å². The van der Waals surface area contributed by atoms with E-state index < -0.39 is 0 Å². The van der Waals surface area contributed by atoms with Crippen LogP contribution in [0.4, 0.5) is 0 Å². The lowest BCUT2D eigenvalue weighted by Crippen LogP contribution is -2.29. The summed E-state index contributed by atoms with van der Waals surface area (Å²) in [4.78, 5) is 13.2. The standard InChI is InChI=1S/C24H24Br2O/c1-24(2,3)20-14-18(10-16-6-4-8-21(25)12-16)23(27)19(15-20)11-17-7-5-9-22(26)13-17/h4-13,20H,14-15H2,1-3H3/b18-10-,19-11+. The molecule has 1 saturated carbocycles. The van der Waals surface area contributed by atoms with E-state index in [2.05, 4.69) is 76.9 Å². The van der Waals surface area contributed by atoms with E-state index in [0.29, 0.717) is 5.92 Å². The molecule has 0 spiro atoms. The molecule has 1 atom stereocenters. The number of ketones is 1. The van der Waals surface area contributed by atoms with Crippen LogP contribution in [0.5, 0.6) is 0 Å². The van der Waals surface area contributed by atoms with Gasteiger partial charge in [-0.05, 0) is 71.7 Å². The number of hydrogen-bond acceptors (Lipinski definition) is 1. The van der Waals surface area contributed by atoms with Gasteiger partial charge in [-0.15, -0.1) is 0 Å². The molecule has 3 heteroatoms. The molecule has 1 aliphatic rings. The van der Waals surface area contributed by atoms with Gasteiger partial charge in [-0.2, -0.15) is 0 Å². The highest BCUT2D eigenvalue weighted by molar-refractivity contribution is 9.10. The molecule has 0 N–H and O–H groups in total. The Hall–Kier alpha value is -1.45. The summed E-state index contributed by atoms with van der Waals surface area (Å²) < 4.78 is 2.05. The van der Waals surface area contributed by atoms with Crippen LogP contribution in [-0.2, 0) is 4.79 Å². The van der Waals surface area contributed by atoms with Crippen molar-refractivity contribution in [2.75, 3.05) is 0 Å². The molecule has 1 aliphatic carbocycles. The highest BCUT2D eigenvalue weighted by Crippen LogP contribution is 2.42. The lowest BCUT2D eigenvalue weighted by atomic mass is 9.68. The molecule has 0 aliphatic heterocycles. The van der Waals surface area contributed by atoms with Crippen LogP contribution >= 0.6 is 31.9 Å². The summed E-state index contributed by atoms with van der Waals surface area (Å²) in [6.45, 7) is 6.79. The highest BCUT2D eigenvalue weighted by Gasteiger charge is 2.34. The van der Waals surface area contributed by atoms with Crippen molar-refractivity contribution >= 4 is 49.8 Å². The molecular formula is C24H24Br2O. The molecule has 2 aromatic rings. The summed E-state index contributed by atoms with van der Waals surface area (Å²) in [5.74, 6) is 0.613. The molecule has 140 valence electrons. The molecule has 1 nitrogen and oxygen atoms in total. The predicted octanol–water partition coefficient (Wildman–Crippen LogP) is 7.70. The van der Waals surface area contributed by atoms with Crippen molar-refractivity contribution in [3.63, 3.8) is 0 Å². The maximum atomic E-state index is 13.2. The zero-order chi connectivity index (χ0) is 19.6. The van der Waals surface area contributed by atoms with E-state index in [4.69, 9.17) is 0 Å². The van der Waals surface area contributed by atoms with E-state index in [0.717, 1.165) is 44.1 Å². The van der Waals surface area contributed by atoms with Crippen LogP contribution in [0.2, 0.25) is 0 Å². The minimum absolute atomic E-state index is 0.146. The van der Waals surface area contributed by atoms with Gasteiger partial charge >= 0.3 is 0 Å². The van der Waals surface area contributed by atoms with E-state index >= 15 is 0 Å². The summed E-state index contributed by atoms with van der Waals surface area (Å²) in [5.41, 5.74) is 4.07. The second-order valence-electron chi connectivity index (χ2n) is 8.25. The Morgan fingerprint density at radius 3 is 1.67 bits per heavy atom. The average molecular weight is 488 g/mol. The van der Waals surface area contributed by atoms with Crippen LogP contribution in [-0.4, -0.2) is 5.78 Å². The van der Waals surface area contributed by atoms with Crippen molar-refractivity contribution < 1.29 is 4.79 Å². The highest BCUT2D eigenvalue weighted by atomic mass is 79.9. The SMILES string of the molecule is CC(C)(C)C1C/C(=C/c2cccc(Br)c2)C(=O)/C(=C/c2cccc(Br)c2)C1. The number of carbonyl (C=O) groups is 1. The van der Waals surface area contributed by atoms with Crippen LogP contribution in [0.1, 0.15) is 44.7 Å². The molecule has 27 heavy (non-hydrogen) atoms. The van der Waals surface area contributed by atoms with Gasteiger partial charge in [0.2, 0.25) is 0 Å². The van der Waals surface area contributed by atoms with Gasteiger partial charge in [-0.1, -0.05) is 76.9 Å². The van der Waals surface area contributed by atoms with Crippen molar-refractivity contribution in [3.8, 4) is 0 Å². The topological polar surface area (TPSA) is 17.1 Å². The minimum Gasteiger partial charge on any atom is -0.289 e. The monoisotopic (exact) mass is 486 g/mol. The van der Waals surface area contributed by atoms with Crippen LogP contribution in [0, 0.1) is 11.3 Å². The third-order valence-electron chi connectivity index (χ3n) is 5.12. The molecule has 0 amide bonds. The van der Waals surface area contributed by atoms with Crippen LogP contribution in [0.3, 0.4) is 0 Å². The maximum Gasteiger partial charge on any atom is 0.185 e. The second-order valence-corrected chi connectivity index (χ2v) is 10.1. The molecule has 0 bridgehead atoms. The Kier molecular flexibility index (Phi) is 6.22. The summed E-state index contributed by atoms with van der Waals surface area (Å²) in [7, 11) is 0. The Bertz CT molecular complexity index is 848. The fourth-order valence-electron chi connectivity index (χ4n) is 3.45. The van der Waals surface area contributed by atoms with Gasteiger partial charge in [0.1, 0.15) is 0 Å². The van der Waals surface area contributed by atoms with Gasteiger partial charge in [-0.25, -0.2) is 0 Å². The number of Topliss-reactive ketones (excluding diaryl/α,β-unsaturated/α-hetero) is 1. The third-order valence-corrected chi connectivity index (χ3v) is 6.11. The van der Waals surface area contributed by atoms with Crippen molar-refractivity contribution in [2.24, 2.45) is 11.3 Å². The lowest BCUT2D eigenvalue weighted by molar-refractivity contribution is -0.113. The van der Waals surface area contributed by atoms with Crippen LogP contribution in [0.15, 0.2) is 68.6 Å². The molecule has 1 unspecified atom stereocenters. The molecule has 0 saturated heterocycles. The predicted molar refractivity (Wildman–Crippen MR) is 121 cm³/mol. The first-order valence-electron chi connectivity index (χ1n) is 9.19. The lowest BCUT2D eigenvalue weighted by Gasteiger charge is -2.35. The first kappa shape index (κ1) is 20.3. The van der Waals surface area contributed by atoms with Gasteiger partial charge in [0.25, 0.3) is 0 Å². The average Bonchev–Trinajstić information content (AvgIpc) is 2.57. The van der Waals surface area contributed by atoms with E-state index in [1.165, 1.54) is 0 Å². The number of halogens is 2. The van der Waals surface area contributed by atoms with E-state index in [-0.39, 0.29) is 11.2 Å². The normalized spacial score (nSPS) is 21.1. The third kappa shape index (κ3) is 5.30. The van der Waals surface area contributed by atoms with Crippen molar-refractivity contribution in [1.82, 2.24) is 0 Å². The maximum absolute atomic E-state index is 13.2. The quantitative estimate of drug-likeness (QED) is 0.396. The van der Waals surface area contributed by atoms with E-state index in [1.54, 1.807) is 0 Å². The van der Waals surface area contributed by atoms with Gasteiger partial charge in [0, 0.05) is 20.1 Å². The summed E-state index contributed by atoms with van der Waals surface area (Å²) in [5, 5.41) is 0. The first-order valence-corrected chi connectivity index (χ1v) is 10.8. The number of benzene rings is 2. The fourth-order valence-corrected chi connectivity index (χ4v) is 4.29. The second kappa shape index (κ2) is 8.28. The molecular weight excluding hydrogens is 464 g/mol. The zero-order valence-electron chi connectivity index (χ0n) is 15.9. The fraction of sp³-hybridized carbons (Fsp3) is 0.292. The Balaban J connectivity index is 2.02. The van der Waals surface area contributed by atoms with Crippen LogP contribution in [0.25, 0.3) is 12.2 Å². The number of allylic oxidation sites excluding steroid dienone is 2. The van der Waals surface area contributed by atoms with Crippen molar-refractivity contribution in [3.05, 3.63) is 79.7 Å². The Morgan fingerprint density at radius 1 is 0.852 bits per heavy atom. The van der Waals surface area contributed by atoms with E-state index in [1.807, 2.05) is 36.4 Å². The van der Waals surface area contributed by atoms with Crippen molar-refractivity contribution in [2.45, 2.75) is 33.6 Å². The minimum atomic E-state index is 0.146. The molecule has 1 fully saturated rings. The number of carbonyl (C=O) groups excluding carboxylic acids is 1. The molecule has 0 heterocycles. The summed E-state index contributed by atoms with van der Waals surface area (Å²) in [6.07, 6.45) is 5.76. The Morgan fingerprint density at radius 2 is 1.30 bits per heavy atom. The number of rotatable bonds is 2. The summed E-state index contributed by atoms with van der Waals surface area (Å²) >= 11 is 7.04. The largest absolute Gasteiger partial charge is 0.289 e. The molecule has 0 aromatic heterocycles. The van der Waals surface area contributed by atoms with Gasteiger partial charge in [0.05, 0.1) is 0 Å². The molecule has 3 rings (SSSR count). The van der Waals surface area contributed by atoms with Gasteiger partial charge in [0.15, 0.2) is 5.78 Å². The molecule has 2 aromatic carbocycles. The zero-order valence-corrected chi connectivity index (χ0v) is 19.1. The van der Waals surface area contributed by atoms with Gasteiger partial charge in [-0.3, -0.25) is 4.79 Å².